The summed E-state index contributed by atoms with van der Waals surface area (Å²) >= 11 is 6.33. The second-order valence-corrected chi connectivity index (χ2v) is 7.35. The van der Waals surface area contributed by atoms with Crippen LogP contribution >= 0.6 is 23.7 Å². The minimum atomic E-state index is -0.840. The lowest BCUT2D eigenvalue weighted by Crippen LogP contribution is -2.26. The number of rotatable bonds is 12. The number of nitrogens with one attached hydrogen (secondary N) is 1. The van der Waals surface area contributed by atoms with Gasteiger partial charge in [0.1, 0.15) is 18.4 Å². The molecule has 3 aromatic rings. The maximum atomic E-state index is 13.0. The van der Waals surface area contributed by atoms with Gasteiger partial charge in [0.2, 0.25) is 0 Å². The van der Waals surface area contributed by atoms with Crippen molar-refractivity contribution in [3.05, 3.63) is 48.0 Å². The van der Waals surface area contributed by atoms with Gasteiger partial charge in [-0.05, 0) is 31.5 Å². The van der Waals surface area contributed by atoms with E-state index in [0.717, 1.165) is 0 Å². The van der Waals surface area contributed by atoms with Crippen LogP contribution in [0.15, 0.2) is 41.7 Å². The van der Waals surface area contributed by atoms with E-state index >= 15 is 0 Å². The van der Waals surface area contributed by atoms with Crippen molar-refractivity contribution in [3.8, 4) is 17.1 Å². The summed E-state index contributed by atoms with van der Waals surface area (Å²) in [6.45, 7) is 3.40. The third-order valence-corrected chi connectivity index (χ3v) is 4.83. The molecule has 1 atom stereocenters. The number of hydrogen-bond acceptors (Lipinski definition) is 8. The number of nitrogens with zero attached hydrogens (tertiary/aromatic N) is 4. The number of carbonyl (C=O) groups is 1. The predicted molar refractivity (Wildman–Crippen MR) is 114 cm³/mol. The molecule has 166 valence electrons. The highest BCUT2D eigenvalue weighted by molar-refractivity contribution is 7.94. The Bertz CT molecular complexity index is 972. The van der Waals surface area contributed by atoms with Crippen LogP contribution in [0.4, 0.5) is 3.89 Å². The van der Waals surface area contributed by atoms with Crippen LogP contribution in [-0.4, -0.2) is 50.9 Å². The standard InChI is InChI=1S/C19H21ClFN5O4S/c1-2-28-9-16(31-21)30-15-5-4-13(8-14(15)20)18-17(24-12-29-18)19(27)23-6-3-7-26-11-22-10-25-26/h4-5,8,10-12,16H,2-3,6-7,9H2,1H3,(H,23,27). The summed E-state index contributed by atoms with van der Waals surface area (Å²) in [4.78, 5) is 20.4. The molecule has 1 N–H and O–H groups in total. The monoisotopic (exact) mass is 469 g/mol. The van der Waals surface area contributed by atoms with Gasteiger partial charge in [-0.1, -0.05) is 11.6 Å². The van der Waals surface area contributed by atoms with Crippen LogP contribution in [0.2, 0.25) is 5.02 Å². The van der Waals surface area contributed by atoms with Crippen LogP contribution in [0, 0.1) is 0 Å². The molecule has 12 heteroatoms. The number of ether oxygens (including phenoxy) is 2. The number of carbonyl (C=O) groups excluding carboxylic acids is 1. The van der Waals surface area contributed by atoms with Gasteiger partial charge >= 0.3 is 0 Å². The summed E-state index contributed by atoms with van der Waals surface area (Å²) in [6, 6.07) is 4.80. The molecule has 0 saturated heterocycles. The molecule has 2 aromatic heterocycles. The van der Waals surface area contributed by atoms with E-state index in [4.69, 9.17) is 25.5 Å². The van der Waals surface area contributed by atoms with Crippen molar-refractivity contribution in [1.29, 1.82) is 0 Å². The number of halogens is 2. The van der Waals surface area contributed by atoms with Crippen molar-refractivity contribution in [2.45, 2.75) is 25.3 Å². The first-order valence-corrected chi connectivity index (χ1v) is 10.6. The van der Waals surface area contributed by atoms with Crippen molar-refractivity contribution in [2.24, 2.45) is 0 Å². The van der Waals surface area contributed by atoms with E-state index < -0.39 is 5.44 Å². The number of oxazole rings is 1. The van der Waals surface area contributed by atoms with Crippen LogP contribution in [0.3, 0.4) is 0 Å². The molecular weight excluding hydrogens is 449 g/mol. The Morgan fingerprint density at radius 3 is 3.03 bits per heavy atom. The van der Waals surface area contributed by atoms with E-state index in [1.54, 1.807) is 29.2 Å². The Kier molecular flexibility index (Phi) is 8.68. The zero-order valence-corrected chi connectivity index (χ0v) is 18.2. The highest BCUT2D eigenvalue weighted by Crippen LogP contribution is 2.33. The van der Waals surface area contributed by atoms with Gasteiger partial charge < -0.3 is 19.2 Å². The maximum Gasteiger partial charge on any atom is 0.273 e. The first-order valence-electron chi connectivity index (χ1n) is 9.48. The average molecular weight is 470 g/mol. The second kappa shape index (κ2) is 11.7. The lowest BCUT2D eigenvalue weighted by molar-refractivity contribution is 0.0946. The Morgan fingerprint density at radius 2 is 2.32 bits per heavy atom. The van der Waals surface area contributed by atoms with Gasteiger partial charge in [-0.2, -0.15) is 8.98 Å². The maximum absolute atomic E-state index is 13.0. The van der Waals surface area contributed by atoms with Crippen molar-refractivity contribution < 1.29 is 22.6 Å². The average Bonchev–Trinajstić information content (AvgIpc) is 3.47. The molecular formula is C19H21ClFN5O4S. The summed E-state index contributed by atoms with van der Waals surface area (Å²) in [6.07, 6.45) is 4.93. The molecule has 0 aliphatic rings. The largest absolute Gasteiger partial charge is 0.473 e. The molecule has 31 heavy (non-hydrogen) atoms. The SMILES string of the molecule is CCOCC(Oc1ccc(-c2ocnc2C(=O)NCCCn2cncn2)cc1Cl)SF. The molecule has 1 unspecified atom stereocenters. The second-order valence-electron chi connectivity index (χ2n) is 6.24. The lowest BCUT2D eigenvalue weighted by atomic mass is 10.1. The quantitative estimate of drug-likeness (QED) is 0.316. The number of benzene rings is 1. The summed E-state index contributed by atoms with van der Waals surface area (Å²) in [7, 11) is 0. The fourth-order valence-corrected chi connectivity index (χ4v) is 3.17. The van der Waals surface area contributed by atoms with Crippen molar-refractivity contribution in [3.63, 3.8) is 0 Å². The van der Waals surface area contributed by atoms with E-state index in [0.29, 0.717) is 37.4 Å². The number of aryl methyl sites for hydroxylation is 1. The minimum Gasteiger partial charge on any atom is -0.473 e. The summed E-state index contributed by atoms with van der Waals surface area (Å²) in [5, 5.41) is 7.04. The van der Waals surface area contributed by atoms with Crippen LogP contribution in [0.5, 0.6) is 5.75 Å². The van der Waals surface area contributed by atoms with Crippen LogP contribution in [0.25, 0.3) is 11.3 Å². The van der Waals surface area contributed by atoms with E-state index in [1.807, 2.05) is 6.92 Å². The summed E-state index contributed by atoms with van der Waals surface area (Å²) in [5.74, 6) is 0.191. The normalized spacial score (nSPS) is 12.0. The predicted octanol–water partition coefficient (Wildman–Crippen LogP) is 3.77. The van der Waals surface area contributed by atoms with Crippen molar-refractivity contribution >= 4 is 29.7 Å². The highest BCUT2D eigenvalue weighted by atomic mass is 35.5. The molecule has 0 spiro atoms. The smallest absolute Gasteiger partial charge is 0.273 e. The molecule has 0 aliphatic heterocycles. The molecule has 0 radical (unpaired) electrons. The summed E-state index contributed by atoms with van der Waals surface area (Å²) < 4.78 is 30.8. The Morgan fingerprint density at radius 1 is 1.45 bits per heavy atom. The number of aromatic nitrogens is 4. The molecule has 1 aromatic carbocycles. The van der Waals surface area contributed by atoms with Gasteiger partial charge in [0.05, 0.1) is 23.8 Å². The molecule has 2 heterocycles. The van der Waals surface area contributed by atoms with Crippen molar-refractivity contribution in [1.82, 2.24) is 25.1 Å². The zero-order valence-electron chi connectivity index (χ0n) is 16.7. The van der Waals surface area contributed by atoms with E-state index in [-0.39, 0.29) is 41.1 Å². The lowest BCUT2D eigenvalue weighted by Gasteiger charge is -2.16. The first-order chi connectivity index (χ1) is 15.1. The fraction of sp³-hybridized carbons (Fsp3) is 0.368. The van der Waals surface area contributed by atoms with E-state index in [2.05, 4.69) is 20.4 Å². The number of amides is 1. The first kappa shape index (κ1) is 23.0. The highest BCUT2D eigenvalue weighted by Gasteiger charge is 2.20. The topological polar surface area (TPSA) is 104 Å². The van der Waals surface area contributed by atoms with Gasteiger partial charge in [0, 0.05) is 25.3 Å². The summed E-state index contributed by atoms with van der Waals surface area (Å²) in [5.41, 5.74) is -0.164. The fourth-order valence-electron chi connectivity index (χ4n) is 2.66. The van der Waals surface area contributed by atoms with Crippen LogP contribution in [-0.2, 0) is 11.3 Å². The third kappa shape index (κ3) is 6.42. The number of hydrogen-bond donors (Lipinski definition) is 1. The van der Waals surface area contributed by atoms with Crippen LogP contribution < -0.4 is 10.1 Å². The Hall–Kier alpha value is -2.63. The molecule has 0 aliphatic carbocycles. The van der Waals surface area contributed by atoms with Gasteiger partial charge in [-0.25, -0.2) is 9.97 Å². The molecule has 0 fully saturated rings. The Labute approximate surface area is 187 Å². The zero-order chi connectivity index (χ0) is 22.1. The molecule has 3 rings (SSSR count). The molecule has 9 nitrogen and oxygen atoms in total. The molecule has 0 bridgehead atoms. The molecule has 0 saturated carbocycles. The van der Waals surface area contributed by atoms with Crippen molar-refractivity contribution in [2.75, 3.05) is 19.8 Å². The van der Waals surface area contributed by atoms with Crippen LogP contribution in [0.1, 0.15) is 23.8 Å². The third-order valence-electron chi connectivity index (χ3n) is 4.11. The van der Waals surface area contributed by atoms with Gasteiger partial charge in [0.15, 0.2) is 23.3 Å². The van der Waals surface area contributed by atoms with E-state index in [1.165, 1.54) is 12.7 Å². The van der Waals surface area contributed by atoms with E-state index in [9.17, 15) is 8.68 Å². The minimum absolute atomic E-state index is 0.0340. The van der Waals surface area contributed by atoms with Gasteiger partial charge in [0.25, 0.3) is 5.91 Å². The van der Waals surface area contributed by atoms with Gasteiger partial charge in [-0.3, -0.25) is 9.48 Å². The molecule has 1 amide bonds. The Balaban J connectivity index is 1.62. The van der Waals surface area contributed by atoms with Gasteiger partial charge in [-0.15, -0.1) is 0 Å².